The molecule has 0 N–H and O–H groups in total. The van der Waals surface area contributed by atoms with E-state index in [-0.39, 0.29) is 18.9 Å². The third-order valence-electron chi connectivity index (χ3n) is 2.63. The van der Waals surface area contributed by atoms with E-state index in [1.807, 2.05) is 6.26 Å². The lowest BCUT2D eigenvalue weighted by Crippen LogP contribution is -2.37. The van der Waals surface area contributed by atoms with Crippen molar-refractivity contribution in [2.24, 2.45) is 0 Å². The van der Waals surface area contributed by atoms with Crippen LogP contribution in [0.5, 0.6) is 0 Å². The standard InChI is InChI=1S/C13H16F3NOS/c1-3-17(9-13(14,15)16)8-12(18)10-4-6-11(19-2)7-5-10/h4-7H,3,8-9H2,1-2H3. The number of halogens is 3. The molecule has 1 rings (SSSR count). The van der Waals surface area contributed by atoms with Gasteiger partial charge in [0.2, 0.25) is 0 Å². The Morgan fingerprint density at radius 2 is 1.84 bits per heavy atom. The van der Waals surface area contributed by atoms with Gasteiger partial charge >= 0.3 is 6.18 Å². The molecule has 0 aromatic heterocycles. The fraction of sp³-hybridized carbons (Fsp3) is 0.462. The zero-order valence-electron chi connectivity index (χ0n) is 10.8. The summed E-state index contributed by atoms with van der Waals surface area (Å²) < 4.78 is 36.9. The average molecular weight is 291 g/mol. The number of thioether (sulfide) groups is 1. The van der Waals surface area contributed by atoms with E-state index in [1.54, 1.807) is 43.0 Å². The summed E-state index contributed by atoms with van der Waals surface area (Å²) in [6, 6.07) is 6.88. The van der Waals surface area contributed by atoms with Gasteiger partial charge in [-0.05, 0) is 24.9 Å². The smallest absolute Gasteiger partial charge is 0.293 e. The van der Waals surface area contributed by atoms with Crippen molar-refractivity contribution < 1.29 is 18.0 Å². The van der Waals surface area contributed by atoms with Crippen LogP contribution >= 0.6 is 11.8 Å². The van der Waals surface area contributed by atoms with Crippen molar-refractivity contribution in [3.63, 3.8) is 0 Å². The fourth-order valence-corrected chi connectivity index (χ4v) is 2.01. The first kappa shape index (κ1) is 16.0. The number of ketones is 1. The molecule has 0 aliphatic carbocycles. The molecule has 106 valence electrons. The summed E-state index contributed by atoms with van der Waals surface area (Å²) in [6.07, 6.45) is -2.36. The molecule has 0 aliphatic rings. The molecule has 0 unspecified atom stereocenters. The molecule has 19 heavy (non-hydrogen) atoms. The molecule has 0 atom stereocenters. The van der Waals surface area contributed by atoms with Crippen LogP contribution in [0.25, 0.3) is 0 Å². The summed E-state index contributed by atoms with van der Waals surface area (Å²) in [6.45, 7) is 0.525. The predicted octanol–water partition coefficient (Wildman–Crippen LogP) is 3.48. The maximum atomic E-state index is 12.3. The molecular weight excluding hydrogens is 275 g/mol. The monoisotopic (exact) mass is 291 g/mol. The minimum Gasteiger partial charge on any atom is -0.293 e. The van der Waals surface area contributed by atoms with Crippen LogP contribution in [-0.2, 0) is 0 Å². The van der Waals surface area contributed by atoms with E-state index in [9.17, 15) is 18.0 Å². The van der Waals surface area contributed by atoms with Gasteiger partial charge in [0.25, 0.3) is 0 Å². The van der Waals surface area contributed by atoms with Crippen LogP contribution in [0.1, 0.15) is 17.3 Å². The van der Waals surface area contributed by atoms with Gasteiger partial charge in [0.05, 0.1) is 13.1 Å². The molecule has 0 heterocycles. The van der Waals surface area contributed by atoms with E-state index >= 15 is 0 Å². The highest BCUT2D eigenvalue weighted by molar-refractivity contribution is 7.98. The molecule has 0 saturated heterocycles. The Morgan fingerprint density at radius 1 is 1.26 bits per heavy atom. The lowest BCUT2D eigenvalue weighted by atomic mass is 10.1. The van der Waals surface area contributed by atoms with Gasteiger partial charge in [0.1, 0.15) is 0 Å². The second kappa shape index (κ2) is 6.96. The number of hydrogen-bond acceptors (Lipinski definition) is 3. The summed E-state index contributed by atoms with van der Waals surface area (Å²) in [5, 5.41) is 0. The van der Waals surface area contributed by atoms with Gasteiger partial charge in [-0.1, -0.05) is 19.1 Å². The zero-order valence-corrected chi connectivity index (χ0v) is 11.6. The molecule has 1 aromatic carbocycles. The Morgan fingerprint density at radius 3 is 2.26 bits per heavy atom. The third-order valence-corrected chi connectivity index (χ3v) is 3.37. The number of Topliss-reactive ketones (excluding diaryl/α,β-unsaturated/α-hetero) is 1. The van der Waals surface area contributed by atoms with Gasteiger partial charge in [0.15, 0.2) is 5.78 Å². The highest BCUT2D eigenvalue weighted by atomic mass is 32.2. The Balaban J connectivity index is 2.66. The lowest BCUT2D eigenvalue weighted by molar-refractivity contribution is -0.144. The fourth-order valence-electron chi connectivity index (χ4n) is 1.60. The van der Waals surface area contributed by atoms with E-state index in [0.29, 0.717) is 5.56 Å². The van der Waals surface area contributed by atoms with Crippen LogP contribution in [0.4, 0.5) is 13.2 Å². The zero-order chi connectivity index (χ0) is 14.5. The van der Waals surface area contributed by atoms with Crippen LogP contribution in [0.15, 0.2) is 29.2 Å². The normalized spacial score (nSPS) is 11.9. The van der Waals surface area contributed by atoms with Crippen molar-refractivity contribution >= 4 is 17.5 Å². The molecule has 0 bridgehead atoms. The Labute approximate surface area is 115 Å². The van der Waals surface area contributed by atoms with Gasteiger partial charge in [0, 0.05) is 10.5 Å². The molecule has 0 spiro atoms. The summed E-state index contributed by atoms with van der Waals surface area (Å²) in [5.41, 5.74) is 0.443. The molecule has 0 aliphatic heterocycles. The van der Waals surface area contributed by atoms with Crippen molar-refractivity contribution in [2.45, 2.75) is 18.0 Å². The molecule has 6 heteroatoms. The van der Waals surface area contributed by atoms with Crippen molar-refractivity contribution in [1.29, 1.82) is 0 Å². The van der Waals surface area contributed by atoms with Crippen LogP contribution in [0.3, 0.4) is 0 Å². The van der Waals surface area contributed by atoms with E-state index < -0.39 is 12.7 Å². The van der Waals surface area contributed by atoms with Gasteiger partial charge in [-0.25, -0.2) is 0 Å². The first-order valence-corrected chi connectivity index (χ1v) is 7.04. The van der Waals surface area contributed by atoms with Gasteiger partial charge < -0.3 is 0 Å². The Kier molecular flexibility index (Phi) is 5.87. The van der Waals surface area contributed by atoms with Crippen molar-refractivity contribution in [1.82, 2.24) is 4.90 Å². The summed E-state index contributed by atoms with van der Waals surface area (Å²) in [4.78, 5) is 14.0. The van der Waals surface area contributed by atoms with Crippen LogP contribution < -0.4 is 0 Å². The van der Waals surface area contributed by atoms with E-state index in [1.165, 1.54) is 0 Å². The van der Waals surface area contributed by atoms with Gasteiger partial charge in [-0.2, -0.15) is 13.2 Å². The maximum absolute atomic E-state index is 12.3. The molecule has 0 radical (unpaired) electrons. The van der Waals surface area contributed by atoms with Gasteiger partial charge in [-0.15, -0.1) is 11.8 Å². The third kappa shape index (κ3) is 5.65. The first-order chi connectivity index (χ1) is 8.85. The average Bonchev–Trinajstić information content (AvgIpc) is 2.36. The van der Waals surface area contributed by atoms with E-state index in [4.69, 9.17) is 0 Å². The topological polar surface area (TPSA) is 20.3 Å². The van der Waals surface area contributed by atoms with Crippen LogP contribution in [0.2, 0.25) is 0 Å². The number of rotatable bonds is 6. The molecule has 2 nitrogen and oxygen atoms in total. The lowest BCUT2D eigenvalue weighted by Gasteiger charge is -2.21. The molecule has 0 amide bonds. The number of nitrogens with zero attached hydrogens (tertiary/aromatic N) is 1. The van der Waals surface area contributed by atoms with Crippen LogP contribution in [0, 0.1) is 0 Å². The predicted molar refractivity (Wildman–Crippen MR) is 70.7 cm³/mol. The number of benzene rings is 1. The highest BCUT2D eigenvalue weighted by Gasteiger charge is 2.30. The van der Waals surface area contributed by atoms with Crippen molar-refractivity contribution in [3.8, 4) is 0 Å². The first-order valence-electron chi connectivity index (χ1n) is 5.82. The van der Waals surface area contributed by atoms with Crippen LogP contribution in [-0.4, -0.2) is 42.7 Å². The molecule has 0 fully saturated rings. The molecule has 0 saturated carbocycles. The largest absolute Gasteiger partial charge is 0.401 e. The number of hydrogen-bond donors (Lipinski definition) is 0. The molecular formula is C13H16F3NOS. The minimum atomic E-state index is -4.28. The highest BCUT2D eigenvalue weighted by Crippen LogP contribution is 2.18. The number of carbonyl (C=O) groups is 1. The van der Waals surface area contributed by atoms with Crippen molar-refractivity contribution in [2.75, 3.05) is 25.9 Å². The summed E-state index contributed by atoms with van der Waals surface area (Å²) in [7, 11) is 0. The van der Waals surface area contributed by atoms with E-state index in [0.717, 1.165) is 9.80 Å². The minimum absolute atomic E-state index is 0.189. The van der Waals surface area contributed by atoms with Gasteiger partial charge in [-0.3, -0.25) is 9.69 Å². The van der Waals surface area contributed by atoms with E-state index in [2.05, 4.69) is 0 Å². The Bertz CT molecular complexity index is 417. The Hall–Kier alpha value is -1.01. The second-order valence-electron chi connectivity index (χ2n) is 4.07. The number of likely N-dealkylation sites (N-methyl/N-ethyl adjacent to an activating group) is 1. The van der Waals surface area contributed by atoms with Crippen molar-refractivity contribution in [3.05, 3.63) is 29.8 Å². The number of carbonyl (C=O) groups excluding carboxylic acids is 1. The second-order valence-corrected chi connectivity index (χ2v) is 4.95. The molecule has 1 aromatic rings. The summed E-state index contributed by atoms with van der Waals surface area (Å²) >= 11 is 1.55. The number of alkyl halides is 3. The quantitative estimate of drug-likeness (QED) is 0.591. The SMILES string of the molecule is CCN(CC(=O)c1ccc(SC)cc1)CC(F)(F)F. The maximum Gasteiger partial charge on any atom is 0.401 e. The summed E-state index contributed by atoms with van der Waals surface area (Å²) in [5.74, 6) is -0.293.